The van der Waals surface area contributed by atoms with Crippen LogP contribution in [0.1, 0.15) is 17.5 Å². The van der Waals surface area contributed by atoms with Gasteiger partial charge in [-0.2, -0.15) is 5.10 Å². The Balaban J connectivity index is 2.22. The zero-order valence-electron chi connectivity index (χ0n) is 11.6. The molecule has 1 N–H and O–H groups in total. The molecule has 1 aliphatic heterocycles. The molecule has 0 saturated heterocycles. The number of hydrogen-bond donors (Lipinski definition) is 1. The van der Waals surface area contributed by atoms with Crippen LogP contribution in [0.4, 0.5) is 0 Å². The Labute approximate surface area is 116 Å². The summed E-state index contributed by atoms with van der Waals surface area (Å²) in [7, 11) is 4.75. The Kier molecular flexibility index (Phi) is 3.00. The maximum absolute atomic E-state index is 11.7. The van der Waals surface area contributed by atoms with Crippen LogP contribution in [-0.4, -0.2) is 32.9 Å². The Morgan fingerprint density at radius 3 is 2.60 bits per heavy atom. The van der Waals surface area contributed by atoms with Crippen molar-refractivity contribution in [2.24, 2.45) is 11.0 Å². The van der Waals surface area contributed by atoms with E-state index in [2.05, 4.69) is 10.5 Å². The highest BCUT2D eigenvalue weighted by molar-refractivity contribution is 6.18. The fraction of sp³-hybridized carbons (Fsp3) is 0.429. The smallest absolute Gasteiger partial charge is 0.249 e. The van der Waals surface area contributed by atoms with Gasteiger partial charge in [0.1, 0.15) is 0 Å². The molecule has 1 heterocycles. The minimum absolute atomic E-state index is 0.0422. The van der Waals surface area contributed by atoms with E-state index in [1.165, 1.54) is 0 Å². The standard InChI is InChI=1S/C14H16N2O4/c1-18-10-6-9-7(12(19-2)13(10)20-3)4-5-8-11(9)15-16-14(8)17/h6,8H,4-5H2,1-3H3,(H,16,17). The van der Waals surface area contributed by atoms with E-state index in [0.717, 1.165) is 29.7 Å². The monoisotopic (exact) mass is 276 g/mol. The average molecular weight is 276 g/mol. The van der Waals surface area contributed by atoms with Crippen molar-refractivity contribution < 1.29 is 19.0 Å². The first-order valence-corrected chi connectivity index (χ1v) is 6.40. The maximum atomic E-state index is 11.7. The number of carbonyl (C=O) groups excluding carboxylic acids is 1. The molecule has 2 aliphatic rings. The highest BCUT2D eigenvalue weighted by Gasteiger charge is 2.38. The zero-order valence-corrected chi connectivity index (χ0v) is 11.6. The number of rotatable bonds is 3. The lowest BCUT2D eigenvalue weighted by atomic mass is 9.81. The van der Waals surface area contributed by atoms with Crippen LogP contribution in [0.15, 0.2) is 11.2 Å². The van der Waals surface area contributed by atoms with Crippen LogP contribution in [0.25, 0.3) is 0 Å². The molecule has 0 aromatic heterocycles. The van der Waals surface area contributed by atoms with E-state index in [4.69, 9.17) is 14.2 Å². The van der Waals surface area contributed by atoms with Crippen molar-refractivity contribution in [3.05, 3.63) is 17.2 Å². The molecule has 0 radical (unpaired) electrons. The molecule has 6 nitrogen and oxygen atoms in total. The summed E-state index contributed by atoms with van der Waals surface area (Å²) in [4.78, 5) is 11.7. The maximum Gasteiger partial charge on any atom is 0.249 e. The van der Waals surface area contributed by atoms with Gasteiger partial charge in [0, 0.05) is 11.1 Å². The first-order chi connectivity index (χ1) is 9.71. The lowest BCUT2D eigenvalue weighted by Gasteiger charge is -2.25. The third-order valence-electron chi connectivity index (χ3n) is 3.82. The summed E-state index contributed by atoms with van der Waals surface area (Å²) in [6.07, 6.45) is 1.47. The van der Waals surface area contributed by atoms with Crippen LogP contribution >= 0.6 is 0 Å². The van der Waals surface area contributed by atoms with Crippen molar-refractivity contribution in [2.45, 2.75) is 12.8 Å². The van der Waals surface area contributed by atoms with Crippen molar-refractivity contribution in [1.82, 2.24) is 5.43 Å². The van der Waals surface area contributed by atoms with Crippen LogP contribution in [0.3, 0.4) is 0 Å². The van der Waals surface area contributed by atoms with Crippen molar-refractivity contribution in [3.8, 4) is 17.2 Å². The minimum atomic E-state index is -0.176. The van der Waals surface area contributed by atoms with Gasteiger partial charge < -0.3 is 14.2 Å². The SMILES string of the molecule is COc1cc2c(c(OC)c1OC)CCC1C(=O)NN=C21. The van der Waals surface area contributed by atoms with Gasteiger partial charge >= 0.3 is 0 Å². The van der Waals surface area contributed by atoms with E-state index < -0.39 is 0 Å². The minimum Gasteiger partial charge on any atom is -0.493 e. The van der Waals surface area contributed by atoms with Gasteiger partial charge in [-0.1, -0.05) is 0 Å². The number of nitrogens with one attached hydrogen (secondary N) is 1. The molecular weight excluding hydrogens is 260 g/mol. The van der Waals surface area contributed by atoms with Gasteiger partial charge in [0.15, 0.2) is 11.5 Å². The number of amides is 1. The van der Waals surface area contributed by atoms with E-state index in [-0.39, 0.29) is 11.8 Å². The number of nitrogens with zero attached hydrogens (tertiary/aromatic N) is 1. The first-order valence-electron chi connectivity index (χ1n) is 6.40. The second kappa shape index (κ2) is 4.70. The second-order valence-electron chi connectivity index (χ2n) is 4.74. The predicted molar refractivity (Wildman–Crippen MR) is 72.6 cm³/mol. The zero-order chi connectivity index (χ0) is 14.3. The Morgan fingerprint density at radius 1 is 1.20 bits per heavy atom. The summed E-state index contributed by atoms with van der Waals surface area (Å²) in [5.74, 6) is 1.59. The number of fused-ring (bicyclic) bond motifs is 3. The van der Waals surface area contributed by atoms with Gasteiger partial charge in [-0.3, -0.25) is 4.79 Å². The number of benzene rings is 1. The second-order valence-corrected chi connectivity index (χ2v) is 4.74. The van der Waals surface area contributed by atoms with Gasteiger partial charge in [-0.25, -0.2) is 5.43 Å². The molecule has 0 bridgehead atoms. The summed E-state index contributed by atoms with van der Waals surface area (Å²) < 4.78 is 16.2. The van der Waals surface area contributed by atoms with Crippen LogP contribution in [0, 0.1) is 5.92 Å². The lowest BCUT2D eigenvalue weighted by Crippen LogP contribution is -2.28. The number of hydrazone groups is 1. The van der Waals surface area contributed by atoms with Crippen molar-refractivity contribution in [2.75, 3.05) is 21.3 Å². The molecule has 1 amide bonds. The summed E-state index contributed by atoms with van der Waals surface area (Å²) >= 11 is 0. The molecule has 20 heavy (non-hydrogen) atoms. The molecule has 6 heteroatoms. The molecule has 1 aliphatic carbocycles. The van der Waals surface area contributed by atoms with Crippen LogP contribution < -0.4 is 19.6 Å². The molecule has 1 aromatic carbocycles. The van der Waals surface area contributed by atoms with Crippen LogP contribution in [0.5, 0.6) is 17.2 Å². The molecule has 0 spiro atoms. The molecule has 3 rings (SSSR count). The molecular formula is C14H16N2O4. The molecule has 1 atom stereocenters. The number of methoxy groups -OCH3 is 3. The summed E-state index contributed by atoms with van der Waals surface area (Å²) in [5, 5.41) is 4.15. The third kappa shape index (κ3) is 1.64. The average Bonchev–Trinajstić information content (AvgIpc) is 2.86. The largest absolute Gasteiger partial charge is 0.493 e. The van der Waals surface area contributed by atoms with Gasteiger partial charge in [0.2, 0.25) is 11.7 Å². The van der Waals surface area contributed by atoms with E-state index >= 15 is 0 Å². The first kappa shape index (κ1) is 12.8. The lowest BCUT2D eigenvalue weighted by molar-refractivity contribution is -0.122. The van der Waals surface area contributed by atoms with Crippen LogP contribution in [-0.2, 0) is 11.2 Å². The Hall–Kier alpha value is -2.24. The molecule has 1 aromatic rings. The fourth-order valence-corrected chi connectivity index (χ4v) is 2.89. The van der Waals surface area contributed by atoms with Gasteiger partial charge in [0.05, 0.1) is 33.0 Å². The van der Waals surface area contributed by atoms with E-state index in [9.17, 15) is 4.79 Å². The van der Waals surface area contributed by atoms with Crippen molar-refractivity contribution in [3.63, 3.8) is 0 Å². The van der Waals surface area contributed by atoms with Gasteiger partial charge in [-0.05, 0) is 18.9 Å². The summed E-state index contributed by atoms with van der Waals surface area (Å²) in [6.45, 7) is 0. The number of ether oxygens (including phenoxy) is 3. The topological polar surface area (TPSA) is 69.2 Å². The molecule has 0 saturated carbocycles. The van der Waals surface area contributed by atoms with Gasteiger partial charge in [-0.15, -0.1) is 0 Å². The summed E-state index contributed by atoms with van der Waals surface area (Å²) in [5.41, 5.74) is 5.21. The predicted octanol–water partition coefficient (Wildman–Crippen LogP) is 1.11. The quantitative estimate of drug-likeness (QED) is 0.898. The summed E-state index contributed by atoms with van der Waals surface area (Å²) in [6, 6.07) is 1.86. The fourth-order valence-electron chi connectivity index (χ4n) is 2.89. The number of carbonyl (C=O) groups is 1. The molecule has 106 valence electrons. The highest BCUT2D eigenvalue weighted by Crippen LogP contribution is 2.45. The van der Waals surface area contributed by atoms with Gasteiger partial charge in [0.25, 0.3) is 0 Å². The van der Waals surface area contributed by atoms with E-state index in [1.54, 1.807) is 21.3 Å². The van der Waals surface area contributed by atoms with E-state index in [0.29, 0.717) is 17.2 Å². The normalized spacial score (nSPS) is 19.6. The molecule has 0 fully saturated rings. The van der Waals surface area contributed by atoms with Crippen molar-refractivity contribution in [1.29, 1.82) is 0 Å². The van der Waals surface area contributed by atoms with E-state index in [1.807, 2.05) is 6.07 Å². The molecule has 1 unspecified atom stereocenters. The number of hydrogen-bond acceptors (Lipinski definition) is 5. The Bertz CT molecular complexity index is 610. The highest BCUT2D eigenvalue weighted by atomic mass is 16.5. The van der Waals surface area contributed by atoms with Crippen molar-refractivity contribution >= 4 is 11.6 Å². The van der Waals surface area contributed by atoms with Crippen LogP contribution in [0.2, 0.25) is 0 Å². The Morgan fingerprint density at radius 2 is 1.95 bits per heavy atom. The third-order valence-corrected chi connectivity index (χ3v) is 3.82.